The minimum Gasteiger partial charge on any atom is -0.472 e. The van der Waals surface area contributed by atoms with Crippen molar-refractivity contribution in [3.8, 4) is 5.88 Å². The molecule has 5 rings (SSSR count). The van der Waals surface area contributed by atoms with Gasteiger partial charge >= 0.3 is 0 Å². The summed E-state index contributed by atoms with van der Waals surface area (Å²) in [7, 11) is -3.80. The number of ether oxygens (including phenoxy) is 1. The molecule has 0 radical (unpaired) electrons. The van der Waals surface area contributed by atoms with Gasteiger partial charge in [-0.1, -0.05) is 24.3 Å². The Morgan fingerprint density at radius 2 is 2.03 bits per heavy atom. The second-order valence-electron chi connectivity index (χ2n) is 9.67. The van der Waals surface area contributed by atoms with E-state index in [0.717, 1.165) is 10.8 Å². The van der Waals surface area contributed by atoms with E-state index < -0.39 is 32.3 Å². The zero-order valence-corrected chi connectivity index (χ0v) is 19.7. The quantitative estimate of drug-likeness (QED) is 0.484. The molecule has 2 aromatic rings. The summed E-state index contributed by atoms with van der Waals surface area (Å²) in [5.74, 6) is -0.891. The number of carbonyl (C=O) groups is 2. The normalized spacial score (nSPS) is 29.3. The molecule has 1 aliphatic heterocycles. The largest absolute Gasteiger partial charge is 0.472 e. The molecule has 0 bridgehead atoms. The van der Waals surface area contributed by atoms with Crippen molar-refractivity contribution < 1.29 is 22.7 Å². The standard InChI is InChI=1S/C24H28N4O5S/c1-3-16-13-24(16,22(30)28-34(31,32)23(2)9-10-23)27-20(29)19-12-17(14-26-19)33-21-18-7-5-4-6-15(18)8-11-25-21/h3-8,11,16-17,19,26H,1,9-10,12-14H2,2H3,(H,27,29)(H,28,30)/t16-,17-,19+,24-/m1/s1. The van der Waals surface area contributed by atoms with E-state index >= 15 is 0 Å². The first-order valence-electron chi connectivity index (χ1n) is 11.4. The lowest BCUT2D eigenvalue weighted by Gasteiger charge is -2.22. The Kier molecular flexibility index (Phi) is 5.40. The van der Waals surface area contributed by atoms with Gasteiger partial charge in [0.2, 0.25) is 21.8 Å². The first-order chi connectivity index (χ1) is 16.2. The fourth-order valence-electron chi connectivity index (χ4n) is 4.46. The average molecular weight is 485 g/mol. The molecule has 4 atom stereocenters. The zero-order valence-electron chi connectivity index (χ0n) is 18.9. The van der Waals surface area contributed by atoms with Gasteiger partial charge in [-0.25, -0.2) is 13.4 Å². The highest BCUT2D eigenvalue weighted by molar-refractivity contribution is 7.91. The van der Waals surface area contributed by atoms with Crippen LogP contribution >= 0.6 is 0 Å². The molecule has 3 aliphatic rings. The summed E-state index contributed by atoms with van der Waals surface area (Å²) < 4.78 is 32.4. The summed E-state index contributed by atoms with van der Waals surface area (Å²) in [6.07, 6.45) is 4.72. The van der Waals surface area contributed by atoms with E-state index in [2.05, 4.69) is 26.9 Å². The summed E-state index contributed by atoms with van der Waals surface area (Å²) in [5, 5.41) is 7.85. The Labute approximate surface area is 198 Å². The van der Waals surface area contributed by atoms with E-state index in [1.54, 1.807) is 19.2 Å². The fraction of sp³-hybridized carbons (Fsp3) is 0.458. The van der Waals surface area contributed by atoms with Gasteiger partial charge in [0.1, 0.15) is 11.6 Å². The Hall–Kier alpha value is -2.98. The second kappa shape index (κ2) is 8.06. The summed E-state index contributed by atoms with van der Waals surface area (Å²) in [6.45, 7) is 5.78. The molecule has 2 aliphatic carbocycles. The third-order valence-electron chi connectivity index (χ3n) is 7.20. The molecule has 3 N–H and O–H groups in total. The molecule has 2 saturated carbocycles. The number of aromatic nitrogens is 1. The number of nitrogens with one attached hydrogen (secondary N) is 3. The first-order valence-corrected chi connectivity index (χ1v) is 12.9. The number of rotatable bonds is 8. The van der Waals surface area contributed by atoms with Gasteiger partial charge in [-0.05, 0) is 43.7 Å². The number of pyridine rings is 1. The van der Waals surface area contributed by atoms with Gasteiger partial charge in [0, 0.05) is 30.5 Å². The van der Waals surface area contributed by atoms with Crippen LogP contribution in [0.5, 0.6) is 5.88 Å². The van der Waals surface area contributed by atoms with Crippen LogP contribution < -0.4 is 20.1 Å². The van der Waals surface area contributed by atoms with Crippen LogP contribution in [0.1, 0.15) is 32.6 Å². The number of fused-ring (bicyclic) bond motifs is 1. The fourth-order valence-corrected chi connectivity index (χ4v) is 5.77. The van der Waals surface area contributed by atoms with Crippen LogP contribution in [0.4, 0.5) is 0 Å². The SMILES string of the molecule is C=C[C@@H]1C[C@]1(NC(=O)[C@@H]1C[C@@H](Oc2nccc3ccccc23)CN1)C(=O)NS(=O)(=O)C1(C)CC1. The molecule has 34 heavy (non-hydrogen) atoms. The topological polar surface area (TPSA) is 126 Å². The molecule has 2 amide bonds. The van der Waals surface area contributed by atoms with Crippen molar-refractivity contribution in [3.05, 3.63) is 49.2 Å². The van der Waals surface area contributed by atoms with Crippen LogP contribution in [0.3, 0.4) is 0 Å². The summed E-state index contributed by atoms with van der Waals surface area (Å²) in [4.78, 5) is 30.3. The lowest BCUT2D eigenvalue weighted by molar-refractivity contribution is -0.130. The number of amides is 2. The van der Waals surface area contributed by atoms with E-state index in [0.29, 0.717) is 38.1 Å². The van der Waals surface area contributed by atoms with Gasteiger partial charge in [-0.15, -0.1) is 6.58 Å². The van der Waals surface area contributed by atoms with Gasteiger partial charge in [0.05, 0.1) is 10.8 Å². The number of sulfonamides is 1. The molecule has 10 heteroatoms. The molecule has 0 spiro atoms. The average Bonchev–Trinajstić information content (AvgIpc) is 3.69. The Morgan fingerprint density at radius 3 is 2.74 bits per heavy atom. The summed E-state index contributed by atoms with van der Waals surface area (Å²) in [6, 6.07) is 9.11. The van der Waals surface area contributed by atoms with Gasteiger partial charge in [0.25, 0.3) is 5.91 Å². The van der Waals surface area contributed by atoms with E-state index in [9.17, 15) is 18.0 Å². The lowest BCUT2D eigenvalue weighted by Crippen LogP contribution is -2.56. The van der Waals surface area contributed by atoms with Crippen molar-refractivity contribution in [1.29, 1.82) is 0 Å². The van der Waals surface area contributed by atoms with E-state index in [4.69, 9.17) is 4.74 Å². The lowest BCUT2D eigenvalue weighted by atomic mass is 10.1. The van der Waals surface area contributed by atoms with E-state index in [1.165, 1.54) is 0 Å². The van der Waals surface area contributed by atoms with Crippen LogP contribution in [0, 0.1) is 5.92 Å². The van der Waals surface area contributed by atoms with Crippen LogP contribution in [-0.4, -0.2) is 54.2 Å². The molecular formula is C24H28N4O5S. The Morgan fingerprint density at radius 1 is 1.26 bits per heavy atom. The van der Waals surface area contributed by atoms with Gasteiger partial charge < -0.3 is 15.4 Å². The zero-order chi connectivity index (χ0) is 24.1. The van der Waals surface area contributed by atoms with Crippen molar-refractivity contribution >= 4 is 32.6 Å². The molecule has 0 unspecified atom stereocenters. The second-order valence-corrected chi connectivity index (χ2v) is 11.9. The monoisotopic (exact) mass is 484 g/mol. The van der Waals surface area contributed by atoms with Crippen LogP contribution in [0.15, 0.2) is 49.2 Å². The van der Waals surface area contributed by atoms with E-state index in [1.807, 2.05) is 30.3 Å². The molecule has 180 valence electrons. The number of hydrogen-bond acceptors (Lipinski definition) is 7. The maximum atomic E-state index is 13.0. The maximum absolute atomic E-state index is 13.0. The smallest absolute Gasteiger partial charge is 0.259 e. The minimum absolute atomic E-state index is 0.275. The highest BCUT2D eigenvalue weighted by atomic mass is 32.2. The number of benzene rings is 1. The molecular weight excluding hydrogens is 456 g/mol. The molecule has 1 aromatic heterocycles. The van der Waals surface area contributed by atoms with Gasteiger partial charge in [-0.2, -0.15) is 0 Å². The van der Waals surface area contributed by atoms with E-state index in [-0.39, 0.29) is 17.9 Å². The van der Waals surface area contributed by atoms with Gasteiger partial charge in [0.15, 0.2) is 0 Å². The van der Waals surface area contributed by atoms with Crippen molar-refractivity contribution in [2.24, 2.45) is 5.92 Å². The number of nitrogens with zero attached hydrogens (tertiary/aromatic N) is 1. The van der Waals surface area contributed by atoms with Crippen molar-refractivity contribution in [1.82, 2.24) is 20.3 Å². The highest BCUT2D eigenvalue weighted by Gasteiger charge is 2.62. The van der Waals surface area contributed by atoms with Crippen LogP contribution in [0.25, 0.3) is 10.8 Å². The third-order valence-corrected chi connectivity index (χ3v) is 9.36. The van der Waals surface area contributed by atoms with Gasteiger partial charge in [-0.3, -0.25) is 14.3 Å². The van der Waals surface area contributed by atoms with Crippen molar-refractivity contribution in [2.75, 3.05) is 6.54 Å². The number of hydrogen-bond donors (Lipinski definition) is 3. The van der Waals surface area contributed by atoms with Crippen molar-refractivity contribution in [3.63, 3.8) is 0 Å². The highest BCUT2D eigenvalue weighted by Crippen LogP contribution is 2.47. The maximum Gasteiger partial charge on any atom is 0.259 e. The Bertz CT molecular complexity index is 1270. The molecule has 1 saturated heterocycles. The van der Waals surface area contributed by atoms with Crippen LogP contribution in [0.2, 0.25) is 0 Å². The molecule has 3 fully saturated rings. The first kappa shape index (κ1) is 22.8. The predicted molar refractivity (Wildman–Crippen MR) is 126 cm³/mol. The molecule has 1 aromatic carbocycles. The third kappa shape index (κ3) is 3.94. The molecule has 9 nitrogen and oxygen atoms in total. The van der Waals surface area contributed by atoms with Crippen molar-refractivity contribution in [2.45, 2.75) is 55.0 Å². The minimum atomic E-state index is -3.80. The summed E-state index contributed by atoms with van der Waals surface area (Å²) >= 11 is 0. The van der Waals surface area contributed by atoms with Crippen LogP contribution in [-0.2, 0) is 19.6 Å². The predicted octanol–water partition coefficient (Wildman–Crippen LogP) is 1.40. The summed E-state index contributed by atoms with van der Waals surface area (Å²) in [5.41, 5.74) is -1.30. The molecule has 2 heterocycles. The number of carbonyl (C=O) groups excluding carboxylic acids is 2. The Balaban J connectivity index is 1.24.